The van der Waals surface area contributed by atoms with Crippen molar-refractivity contribution in [2.45, 2.75) is 6.54 Å². The number of aromatic nitrogens is 6. The van der Waals surface area contributed by atoms with Crippen molar-refractivity contribution in [3.05, 3.63) is 53.2 Å². The molecule has 0 unspecified atom stereocenters. The molecule has 0 saturated carbocycles. The van der Waals surface area contributed by atoms with Gasteiger partial charge in [0.2, 0.25) is 0 Å². The number of hydrogen-bond acceptors (Lipinski definition) is 6. The third kappa shape index (κ3) is 2.91. The first-order chi connectivity index (χ1) is 10.6. The van der Waals surface area contributed by atoms with Crippen LogP contribution in [0.3, 0.4) is 0 Å². The summed E-state index contributed by atoms with van der Waals surface area (Å²) in [6, 6.07) is 7.02. The summed E-state index contributed by atoms with van der Waals surface area (Å²) in [4.78, 5) is 19.6. The Kier molecular flexibility index (Phi) is 3.75. The van der Waals surface area contributed by atoms with Crippen molar-refractivity contribution in [3.8, 4) is 11.3 Å². The molecule has 3 aromatic rings. The number of aromatic carboxylic acids is 1. The second kappa shape index (κ2) is 5.86. The van der Waals surface area contributed by atoms with E-state index in [2.05, 4.69) is 25.5 Å². The summed E-state index contributed by atoms with van der Waals surface area (Å²) < 4.78 is 1.38. The number of carboxylic acids is 1. The predicted octanol–water partition coefficient (Wildman–Crippen LogP) is 1.53. The first-order valence-electron chi connectivity index (χ1n) is 6.19. The zero-order valence-electron chi connectivity index (χ0n) is 11.1. The van der Waals surface area contributed by atoms with Crippen LogP contribution in [0.4, 0.5) is 0 Å². The summed E-state index contributed by atoms with van der Waals surface area (Å²) in [6.07, 6.45) is 2.79. The van der Waals surface area contributed by atoms with Crippen molar-refractivity contribution < 1.29 is 9.90 Å². The smallest absolute Gasteiger partial charge is 0.356 e. The monoisotopic (exact) mass is 316 g/mol. The molecule has 0 bridgehead atoms. The highest BCUT2D eigenvalue weighted by atomic mass is 35.5. The largest absolute Gasteiger partial charge is 0.476 e. The average molecular weight is 317 g/mol. The lowest BCUT2D eigenvalue weighted by atomic mass is 10.1. The third-order valence-electron chi connectivity index (χ3n) is 2.89. The van der Waals surface area contributed by atoms with Gasteiger partial charge >= 0.3 is 5.97 Å². The molecule has 0 aliphatic heterocycles. The fourth-order valence-corrected chi connectivity index (χ4v) is 2.01. The Morgan fingerprint density at radius 3 is 2.68 bits per heavy atom. The maximum Gasteiger partial charge on any atom is 0.356 e. The molecular weight excluding hydrogens is 308 g/mol. The standard InChI is InChI=1S/C13H9ClN6O2/c14-9-3-1-8(2-4-9)10-5-15-12(13(21)22)11(17-10)6-20-7-16-18-19-20/h1-5,7H,6H2,(H,21,22). The van der Waals surface area contributed by atoms with Crippen molar-refractivity contribution in [1.29, 1.82) is 0 Å². The fraction of sp³-hybridized carbons (Fsp3) is 0.0769. The zero-order chi connectivity index (χ0) is 15.5. The van der Waals surface area contributed by atoms with Gasteiger partial charge in [0.1, 0.15) is 6.33 Å². The Labute approximate surface area is 129 Å². The van der Waals surface area contributed by atoms with E-state index in [0.29, 0.717) is 10.7 Å². The van der Waals surface area contributed by atoms with E-state index in [1.165, 1.54) is 17.2 Å². The maximum atomic E-state index is 11.3. The molecule has 2 aromatic heterocycles. The molecule has 0 amide bonds. The van der Waals surface area contributed by atoms with Crippen LogP contribution >= 0.6 is 11.6 Å². The summed E-state index contributed by atoms with van der Waals surface area (Å²) in [5.74, 6) is -1.15. The zero-order valence-corrected chi connectivity index (χ0v) is 11.8. The highest BCUT2D eigenvalue weighted by Crippen LogP contribution is 2.20. The molecule has 1 N–H and O–H groups in total. The molecule has 0 fully saturated rings. The van der Waals surface area contributed by atoms with Gasteiger partial charge in [-0.25, -0.2) is 19.4 Å². The van der Waals surface area contributed by atoms with Crippen molar-refractivity contribution in [2.75, 3.05) is 0 Å². The van der Waals surface area contributed by atoms with Crippen LogP contribution < -0.4 is 0 Å². The van der Waals surface area contributed by atoms with Crippen LogP contribution in [0.1, 0.15) is 16.2 Å². The maximum absolute atomic E-state index is 11.3. The van der Waals surface area contributed by atoms with E-state index in [1.54, 1.807) is 24.3 Å². The van der Waals surface area contributed by atoms with E-state index >= 15 is 0 Å². The van der Waals surface area contributed by atoms with E-state index in [4.69, 9.17) is 11.6 Å². The molecule has 0 aliphatic rings. The van der Waals surface area contributed by atoms with Crippen LogP contribution in [0, 0.1) is 0 Å². The van der Waals surface area contributed by atoms with Crippen LogP contribution in [-0.4, -0.2) is 41.3 Å². The Morgan fingerprint density at radius 1 is 1.27 bits per heavy atom. The van der Waals surface area contributed by atoms with E-state index in [1.807, 2.05) is 0 Å². The molecule has 0 radical (unpaired) electrons. The Hall–Kier alpha value is -2.87. The highest BCUT2D eigenvalue weighted by Gasteiger charge is 2.16. The number of benzene rings is 1. The quantitative estimate of drug-likeness (QED) is 0.777. The van der Waals surface area contributed by atoms with Crippen LogP contribution in [-0.2, 0) is 6.54 Å². The van der Waals surface area contributed by atoms with Crippen LogP contribution in [0.25, 0.3) is 11.3 Å². The molecule has 3 rings (SSSR count). The lowest BCUT2D eigenvalue weighted by molar-refractivity contribution is 0.0688. The average Bonchev–Trinajstić information content (AvgIpc) is 3.00. The van der Waals surface area contributed by atoms with Crippen molar-refractivity contribution in [1.82, 2.24) is 30.2 Å². The number of halogens is 1. The number of rotatable bonds is 4. The molecule has 9 heteroatoms. The molecule has 8 nitrogen and oxygen atoms in total. The van der Waals surface area contributed by atoms with Crippen LogP contribution in [0.15, 0.2) is 36.8 Å². The number of carbonyl (C=O) groups is 1. The molecule has 110 valence electrons. The minimum absolute atomic E-state index is 0.114. The molecule has 0 spiro atoms. The fourth-order valence-electron chi connectivity index (χ4n) is 1.88. The number of tetrazole rings is 1. The molecular formula is C13H9ClN6O2. The Morgan fingerprint density at radius 2 is 2.05 bits per heavy atom. The summed E-state index contributed by atoms with van der Waals surface area (Å²) in [5.41, 5.74) is 1.47. The summed E-state index contributed by atoms with van der Waals surface area (Å²) in [7, 11) is 0. The van der Waals surface area contributed by atoms with E-state index < -0.39 is 5.97 Å². The minimum atomic E-state index is -1.15. The van der Waals surface area contributed by atoms with Crippen LogP contribution in [0.2, 0.25) is 5.02 Å². The summed E-state index contributed by atoms with van der Waals surface area (Å²) >= 11 is 5.85. The molecule has 2 heterocycles. The Balaban J connectivity index is 2.03. The van der Waals surface area contributed by atoms with Gasteiger partial charge in [0.15, 0.2) is 5.69 Å². The SMILES string of the molecule is O=C(O)c1ncc(-c2ccc(Cl)cc2)nc1Cn1cnnn1. The van der Waals surface area contributed by atoms with Gasteiger partial charge in [0, 0.05) is 10.6 Å². The number of hydrogen-bond donors (Lipinski definition) is 1. The molecule has 22 heavy (non-hydrogen) atoms. The molecule has 0 atom stereocenters. The van der Waals surface area contributed by atoms with Crippen molar-refractivity contribution >= 4 is 17.6 Å². The van der Waals surface area contributed by atoms with Crippen molar-refractivity contribution in [3.63, 3.8) is 0 Å². The topological polar surface area (TPSA) is 107 Å². The van der Waals surface area contributed by atoms with E-state index in [9.17, 15) is 9.90 Å². The molecule has 0 saturated heterocycles. The molecule has 1 aromatic carbocycles. The summed E-state index contributed by atoms with van der Waals surface area (Å²) in [6.45, 7) is 0.114. The predicted molar refractivity (Wildman–Crippen MR) is 76.4 cm³/mol. The van der Waals surface area contributed by atoms with E-state index in [0.717, 1.165) is 5.56 Å². The first-order valence-corrected chi connectivity index (χ1v) is 6.57. The summed E-state index contributed by atoms with van der Waals surface area (Å²) in [5, 5.41) is 20.5. The lowest BCUT2D eigenvalue weighted by Crippen LogP contribution is -2.13. The highest BCUT2D eigenvalue weighted by molar-refractivity contribution is 6.30. The lowest BCUT2D eigenvalue weighted by Gasteiger charge is -2.07. The number of nitrogens with zero attached hydrogens (tertiary/aromatic N) is 6. The van der Waals surface area contributed by atoms with Gasteiger partial charge in [0.25, 0.3) is 0 Å². The molecule has 0 aliphatic carbocycles. The van der Waals surface area contributed by atoms with Gasteiger partial charge in [-0.3, -0.25) is 0 Å². The third-order valence-corrected chi connectivity index (χ3v) is 3.14. The van der Waals surface area contributed by atoms with Crippen LogP contribution in [0.5, 0.6) is 0 Å². The Bertz CT molecular complexity index is 804. The second-order valence-corrected chi connectivity index (χ2v) is 4.81. The van der Waals surface area contributed by atoms with Gasteiger partial charge in [-0.05, 0) is 22.6 Å². The normalized spacial score (nSPS) is 10.6. The van der Waals surface area contributed by atoms with Gasteiger partial charge < -0.3 is 5.11 Å². The van der Waals surface area contributed by atoms with Gasteiger partial charge in [-0.2, -0.15) is 0 Å². The van der Waals surface area contributed by atoms with Gasteiger partial charge in [-0.15, -0.1) is 5.10 Å². The first kappa shape index (κ1) is 14.1. The second-order valence-electron chi connectivity index (χ2n) is 4.37. The van der Waals surface area contributed by atoms with Gasteiger partial charge in [0.05, 0.1) is 24.1 Å². The van der Waals surface area contributed by atoms with E-state index in [-0.39, 0.29) is 17.9 Å². The minimum Gasteiger partial charge on any atom is -0.476 e. The van der Waals surface area contributed by atoms with Gasteiger partial charge in [-0.1, -0.05) is 23.7 Å². The van der Waals surface area contributed by atoms with Crippen molar-refractivity contribution in [2.24, 2.45) is 0 Å². The number of carboxylic acid groups (broad SMARTS) is 1.